The smallest absolute Gasteiger partial charge is 0.448 e. The quantitative estimate of drug-likeness (QED) is 0.647. The van der Waals surface area contributed by atoms with Gasteiger partial charge in [-0.1, -0.05) is 30.3 Å². The number of rotatable bonds is 1. The largest absolute Gasteiger partial charge is 0.504 e. The van der Waals surface area contributed by atoms with Crippen LogP contribution in [0, 0.1) is 0 Å². The highest BCUT2D eigenvalue weighted by Gasteiger charge is 2.34. The number of fused-ring (bicyclic) bond motifs is 3. The first-order valence-electron chi connectivity index (χ1n) is 5.71. The molecule has 0 spiro atoms. The van der Waals surface area contributed by atoms with Crippen molar-refractivity contribution in [3.63, 3.8) is 0 Å². The highest BCUT2D eigenvalue weighted by atomic mass is 32.1. The fraction of sp³-hybridized carbons (Fsp3) is 0.0714. The molecule has 20 heavy (non-hydrogen) atoms. The molecule has 2 aromatic carbocycles. The van der Waals surface area contributed by atoms with Crippen LogP contribution >= 0.6 is 11.3 Å². The zero-order valence-electron chi connectivity index (χ0n) is 9.98. The van der Waals surface area contributed by atoms with E-state index in [0.717, 1.165) is 26.8 Å². The number of halogens is 3. The van der Waals surface area contributed by atoms with Gasteiger partial charge in [-0.15, -0.1) is 11.3 Å². The number of allylic oxidation sites excluding steroid dienone is 1. The Morgan fingerprint density at radius 3 is 2.65 bits per heavy atom. The molecule has 0 saturated carbocycles. The number of nitrogens with zero attached hydrogens (tertiary/aromatic N) is 1. The van der Waals surface area contributed by atoms with E-state index in [2.05, 4.69) is 4.98 Å². The van der Waals surface area contributed by atoms with Gasteiger partial charge in [-0.3, -0.25) is 0 Å². The van der Waals surface area contributed by atoms with Crippen LogP contribution in [0.3, 0.4) is 0 Å². The summed E-state index contributed by atoms with van der Waals surface area (Å²) in [5.41, 5.74) is 0.648. The highest BCUT2D eigenvalue weighted by molar-refractivity contribution is 7.19. The zero-order valence-corrected chi connectivity index (χ0v) is 10.8. The van der Waals surface area contributed by atoms with E-state index in [1.54, 1.807) is 0 Å². The first-order valence-corrected chi connectivity index (χ1v) is 6.53. The van der Waals surface area contributed by atoms with E-state index in [0.29, 0.717) is 11.6 Å². The van der Waals surface area contributed by atoms with Gasteiger partial charge in [0.1, 0.15) is 5.01 Å². The number of alkyl halides is 3. The summed E-state index contributed by atoms with van der Waals surface area (Å²) in [5.74, 6) is -1.64. The summed E-state index contributed by atoms with van der Waals surface area (Å²) >= 11 is 1.11. The molecule has 102 valence electrons. The lowest BCUT2D eigenvalue weighted by Crippen LogP contribution is -2.10. The van der Waals surface area contributed by atoms with Crippen LogP contribution < -0.4 is 0 Å². The molecule has 0 atom stereocenters. The van der Waals surface area contributed by atoms with Crippen molar-refractivity contribution < 1.29 is 18.3 Å². The summed E-state index contributed by atoms with van der Waals surface area (Å²) in [7, 11) is 0. The van der Waals surface area contributed by atoms with Gasteiger partial charge in [0.2, 0.25) is 5.76 Å². The van der Waals surface area contributed by atoms with E-state index in [1.807, 2.05) is 36.4 Å². The van der Waals surface area contributed by atoms with E-state index < -0.39 is 11.9 Å². The van der Waals surface area contributed by atoms with E-state index in [9.17, 15) is 13.2 Å². The average Bonchev–Trinajstić information content (AvgIpc) is 2.80. The molecule has 0 aliphatic carbocycles. The average molecular weight is 295 g/mol. The van der Waals surface area contributed by atoms with Crippen LogP contribution in [0.4, 0.5) is 13.2 Å². The molecule has 0 aliphatic rings. The topological polar surface area (TPSA) is 33.1 Å². The van der Waals surface area contributed by atoms with Crippen molar-refractivity contribution in [2.75, 3.05) is 0 Å². The molecule has 1 N–H and O–H groups in total. The lowest BCUT2D eigenvalue weighted by Gasteiger charge is -2.02. The number of aromatic nitrogens is 1. The van der Waals surface area contributed by atoms with Crippen LogP contribution in [0.15, 0.2) is 42.2 Å². The third-order valence-electron chi connectivity index (χ3n) is 2.85. The van der Waals surface area contributed by atoms with Gasteiger partial charge in [-0.2, -0.15) is 13.2 Å². The Morgan fingerprint density at radius 2 is 1.90 bits per heavy atom. The third-order valence-corrected chi connectivity index (χ3v) is 3.82. The lowest BCUT2D eigenvalue weighted by molar-refractivity contribution is -0.119. The second kappa shape index (κ2) is 4.49. The molecule has 0 unspecified atom stereocenters. The second-order valence-corrected chi connectivity index (χ2v) is 5.28. The SMILES string of the molecule is O/C(=C\c1nc2c(ccc3ccccc32)s1)C(F)(F)F. The predicted molar refractivity (Wildman–Crippen MR) is 73.8 cm³/mol. The normalized spacial score (nSPS) is 13.2. The number of aliphatic hydroxyl groups is 1. The van der Waals surface area contributed by atoms with Crippen LogP contribution in [0.1, 0.15) is 5.01 Å². The molecule has 0 saturated heterocycles. The Hall–Kier alpha value is -2.08. The van der Waals surface area contributed by atoms with E-state index in [-0.39, 0.29) is 5.01 Å². The summed E-state index contributed by atoms with van der Waals surface area (Å²) in [5, 5.41) is 11.0. The van der Waals surface area contributed by atoms with Crippen LogP contribution in [-0.2, 0) is 0 Å². The number of benzene rings is 2. The Morgan fingerprint density at radius 1 is 1.15 bits per heavy atom. The fourth-order valence-corrected chi connectivity index (χ4v) is 2.86. The minimum absolute atomic E-state index is 0.131. The van der Waals surface area contributed by atoms with Crippen LogP contribution in [0.25, 0.3) is 27.1 Å². The molecule has 3 rings (SSSR count). The Kier molecular flexibility index (Phi) is 2.90. The maximum Gasteiger partial charge on any atom is 0.448 e. The maximum absolute atomic E-state index is 12.3. The summed E-state index contributed by atoms with van der Waals surface area (Å²) in [6, 6.07) is 11.2. The number of hydrogen-bond donors (Lipinski definition) is 1. The Balaban J connectivity index is 2.19. The van der Waals surface area contributed by atoms with Crippen molar-refractivity contribution in [1.82, 2.24) is 4.98 Å². The van der Waals surface area contributed by atoms with Crippen molar-refractivity contribution in [3.8, 4) is 0 Å². The van der Waals surface area contributed by atoms with Gasteiger partial charge in [0, 0.05) is 11.5 Å². The van der Waals surface area contributed by atoms with Crippen molar-refractivity contribution >= 4 is 38.4 Å². The second-order valence-electron chi connectivity index (χ2n) is 4.21. The summed E-state index contributed by atoms with van der Waals surface area (Å²) in [4.78, 5) is 4.18. The molecular formula is C14H8F3NOS. The van der Waals surface area contributed by atoms with Crippen molar-refractivity contribution in [2.45, 2.75) is 6.18 Å². The Bertz CT molecular complexity index is 820. The van der Waals surface area contributed by atoms with E-state index in [1.165, 1.54) is 0 Å². The third kappa shape index (κ3) is 2.22. The minimum Gasteiger partial charge on any atom is -0.504 e. The standard InChI is InChI=1S/C14H8F3NOS/c15-14(16,17)11(19)7-12-18-13-9-4-2-1-3-8(9)5-6-10(13)20-12/h1-7,19H/b11-7-. The van der Waals surface area contributed by atoms with Crippen molar-refractivity contribution in [2.24, 2.45) is 0 Å². The summed E-state index contributed by atoms with van der Waals surface area (Å²) in [6.45, 7) is 0. The van der Waals surface area contributed by atoms with Crippen LogP contribution in [0.2, 0.25) is 0 Å². The van der Waals surface area contributed by atoms with Gasteiger partial charge in [0.15, 0.2) is 0 Å². The molecule has 0 bridgehead atoms. The molecule has 1 heterocycles. The van der Waals surface area contributed by atoms with Gasteiger partial charge in [0.25, 0.3) is 0 Å². The van der Waals surface area contributed by atoms with Crippen molar-refractivity contribution in [1.29, 1.82) is 0 Å². The van der Waals surface area contributed by atoms with E-state index in [4.69, 9.17) is 5.11 Å². The zero-order chi connectivity index (χ0) is 14.3. The van der Waals surface area contributed by atoms with Gasteiger partial charge < -0.3 is 5.11 Å². The molecule has 0 fully saturated rings. The summed E-state index contributed by atoms with van der Waals surface area (Å²) < 4.78 is 37.7. The van der Waals surface area contributed by atoms with Gasteiger partial charge in [0.05, 0.1) is 10.2 Å². The number of aliphatic hydroxyl groups excluding tert-OH is 1. The minimum atomic E-state index is -4.75. The monoisotopic (exact) mass is 295 g/mol. The molecule has 1 aromatic heterocycles. The molecule has 3 aromatic rings. The molecule has 2 nitrogen and oxygen atoms in total. The predicted octanol–water partition coefficient (Wildman–Crippen LogP) is 4.91. The summed E-state index contributed by atoms with van der Waals surface area (Å²) in [6.07, 6.45) is -4.10. The first kappa shape index (κ1) is 12.9. The maximum atomic E-state index is 12.3. The molecule has 0 amide bonds. The van der Waals surface area contributed by atoms with Gasteiger partial charge in [-0.25, -0.2) is 4.98 Å². The number of thiazole rings is 1. The van der Waals surface area contributed by atoms with Gasteiger partial charge >= 0.3 is 6.18 Å². The molecule has 0 aliphatic heterocycles. The number of hydrogen-bond acceptors (Lipinski definition) is 3. The van der Waals surface area contributed by atoms with E-state index >= 15 is 0 Å². The van der Waals surface area contributed by atoms with Gasteiger partial charge in [-0.05, 0) is 11.5 Å². The molecule has 6 heteroatoms. The van der Waals surface area contributed by atoms with Crippen LogP contribution in [-0.4, -0.2) is 16.3 Å². The highest BCUT2D eigenvalue weighted by Crippen LogP contribution is 2.32. The van der Waals surface area contributed by atoms with Crippen molar-refractivity contribution in [3.05, 3.63) is 47.2 Å². The fourth-order valence-electron chi connectivity index (χ4n) is 1.94. The Labute approximate surface area is 115 Å². The lowest BCUT2D eigenvalue weighted by atomic mass is 10.1. The molecule has 0 radical (unpaired) electrons. The first-order chi connectivity index (χ1) is 9.45. The van der Waals surface area contributed by atoms with Crippen LogP contribution in [0.5, 0.6) is 0 Å². The molecular weight excluding hydrogens is 287 g/mol.